The molecule has 2 heteroatoms. The van der Waals surface area contributed by atoms with E-state index in [1.807, 2.05) is 48.5 Å². The van der Waals surface area contributed by atoms with Crippen LogP contribution in [0.15, 0.2) is 48.5 Å². The molecule has 0 amide bonds. The standard InChI is InChI=1S/C17H16O2/c1-19-15-8-6-12(7-9-15)16-10-13-4-2-3-5-14(13)11-17(16)18/h2-11,16-18H,1H3. The molecule has 0 aromatic heterocycles. The molecule has 1 aliphatic rings. The van der Waals surface area contributed by atoms with Crippen molar-refractivity contribution in [3.8, 4) is 5.75 Å². The number of hydrogen-bond acceptors (Lipinski definition) is 2. The van der Waals surface area contributed by atoms with Gasteiger partial charge in [0.2, 0.25) is 0 Å². The molecule has 1 N–H and O–H groups in total. The van der Waals surface area contributed by atoms with Gasteiger partial charge in [0.1, 0.15) is 5.75 Å². The Morgan fingerprint density at radius 1 is 0.895 bits per heavy atom. The summed E-state index contributed by atoms with van der Waals surface area (Å²) in [4.78, 5) is 0. The Morgan fingerprint density at radius 3 is 2.16 bits per heavy atom. The second-order valence-corrected chi connectivity index (χ2v) is 4.75. The van der Waals surface area contributed by atoms with E-state index in [0.717, 1.165) is 16.5 Å². The van der Waals surface area contributed by atoms with Crippen molar-refractivity contribution in [2.24, 2.45) is 0 Å². The predicted octanol–water partition coefficient (Wildman–Crippen LogP) is 1.41. The van der Waals surface area contributed by atoms with Gasteiger partial charge in [0.15, 0.2) is 0 Å². The Labute approximate surface area is 112 Å². The number of rotatable bonds is 2. The third kappa shape index (κ3) is 2.27. The fraction of sp³-hybridized carbons (Fsp3) is 0.176. The first-order valence-electron chi connectivity index (χ1n) is 6.39. The van der Waals surface area contributed by atoms with Crippen molar-refractivity contribution >= 4 is 12.2 Å². The van der Waals surface area contributed by atoms with Crippen LogP contribution in [0.5, 0.6) is 5.75 Å². The summed E-state index contributed by atoms with van der Waals surface area (Å²) in [5, 5.41) is 12.5. The molecule has 0 saturated heterocycles. The first kappa shape index (κ1) is 12.0. The molecule has 0 bridgehead atoms. The zero-order valence-corrected chi connectivity index (χ0v) is 10.8. The van der Waals surface area contributed by atoms with Crippen LogP contribution in [0, 0.1) is 0 Å². The van der Waals surface area contributed by atoms with Gasteiger partial charge in [-0.25, -0.2) is 0 Å². The van der Waals surface area contributed by atoms with E-state index < -0.39 is 6.10 Å². The Bertz CT molecular complexity index is 686. The van der Waals surface area contributed by atoms with Crippen LogP contribution in [-0.2, 0) is 0 Å². The minimum Gasteiger partial charge on any atom is -0.497 e. The fourth-order valence-corrected chi connectivity index (χ4v) is 2.51. The van der Waals surface area contributed by atoms with Gasteiger partial charge in [0.05, 0.1) is 13.2 Å². The lowest BCUT2D eigenvalue weighted by molar-refractivity contribution is 0.226. The SMILES string of the molecule is COc1ccc(C2C=c3ccccc3=CC2O)cc1. The van der Waals surface area contributed by atoms with Gasteiger partial charge >= 0.3 is 0 Å². The molecule has 2 unspecified atom stereocenters. The van der Waals surface area contributed by atoms with Gasteiger partial charge in [0.25, 0.3) is 0 Å². The molecule has 0 fully saturated rings. The van der Waals surface area contributed by atoms with E-state index in [2.05, 4.69) is 12.1 Å². The Kier molecular flexibility index (Phi) is 3.10. The van der Waals surface area contributed by atoms with E-state index in [9.17, 15) is 5.11 Å². The second-order valence-electron chi connectivity index (χ2n) is 4.75. The summed E-state index contributed by atoms with van der Waals surface area (Å²) in [5.74, 6) is 0.833. The van der Waals surface area contributed by atoms with Crippen LogP contribution in [0.1, 0.15) is 11.5 Å². The van der Waals surface area contributed by atoms with E-state index in [4.69, 9.17) is 4.74 Å². The van der Waals surface area contributed by atoms with E-state index in [-0.39, 0.29) is 5.92 Å². The third-order valence-electron chi connectivity index (χ3n) is 3.57. The zero-order chi connectivity index (χ0) is 13.2. The maximum absolute atomic E-state index is 10.3. The van der Waals surface area contributed by atoms with Crippen molar-refractivity contribution < 1.29 is 9.84 Å². The van der Waals surface area contributed by atoms with Gasteiger partial charge in [-0.15, -0.1) is 0 Å². The topological polar surface area (TPSA) is 29.5 Å². The lowest BCUT2D eigenvalue weighted by atomic mass is 9.88. The molecule has 2 aromatic carbocycles. The van der Waals surface area contributed by atoms with Gasteiger partial charge in [-0.05, 0) is 34.2 Å². The minimum absolute atomic E-state index is 0.000746. The fourth-order valence-electron chi connectivity index (χ4n) is 2.51. The number of benzene rings is 2. The smallest absolute Gasteiger partial charge is 0.118 e. The molecular formula is C17H16O2. The summed E-state index contributed by atoms with van der Waals surface area (Å²) >= 11 is 0. The second kappa shape index (κ2) is 4.90. The third-order valence-corrected chi connectivity index (χ3v) is 3.57. The highest BCUT2D eigenvalue weighted by atomic mass is 16.5. The van der Waals surface area contributed by atoms with Crippen molar-refractivity contribution in [2.75, 3.05) is 7.11 Å². The summed E-state index contributed by atoms with van der Waals surface area (Å²) in [6, 6.07) is 16.0. The maximum Gasteiger partial charge on any atom is 0.118 e. The van der Waals surface area contributed by atoms with Crippen LogP contribution in [0.25, 0.3) is 12.2 Å². The highest BCUT2D eigenvalue weighted by Gasteiger charge is 2.19. The molecule has 1 aliphatic carbocycles. The number of ether oxygens (including phenoxy) is 1. The first-order valence-corrected chi connectivity index (χ1v) is 6.39. The molecule has 0 spiro atoms. The number of hydrogen-bond donors (Lipinski definition) is 1. The number of methoxy groups -OCH3 is 1. The van der Waals surface area contributed by atoms with Gasteiger partial charge in [0, 0.05) is 5.92 Å². The summed E-state index contributed by atoms with van der Waals surface area (Å²) in [7, 11) is 1.65. The Morgan fingerprint density at radius 2 is 1.53 bits per heavy atom. The zero-order valence-electron chi connectivity index (χ0n) is 10.8. The first-order chi connectivity index (χ1) is 9.28. The molecule has 0 saturated carbocycles. The van der Waals surface area contributed by atoms with E-state index in [1.54, 1.807) is 7.11 Å². The van der Waals surface area contributed by atoms with Crippen molar-refractivity contribution in [1.82, 2.24) is 0 Å². The highest BCUT2D eigenvalue weighted by Crippen LogP contribution is 2.25. The summed E-state index contributed by atoms with van der Waals surface area (Å²) in [6.07, 6.45) is 3.56. The quantitative estimate of drug-likeness (QED) is 0.876. The van der Waals surface area contributed by atoms with Crippen LogP contribution < -0.4 is 15.2 Å². The van der Waals surface area contributed by atoms with Gasteiger partial charge in [-0.3, -0.25) is 0 Å². The van der Waals surface area contributed by atoms with Crippen LogP contribution in [0.3, 0.4) is 0 Å². The summed E-state index contributed by atoms with van der Waals surface area (Å²) < 4.78 is 5.16. The lowest BCUT2D eigenvalue weighted by Gasteiger charge is -2.20. The van der Waals surface area contributed by atoms with Crippen LogP contribution in [-0.4, -0.2) is 18.3 Å². The molecule has 3 rings (SSSR count). The molecular weight excluding hydrogens is 236 g/mol. The van der Waals surface area contributed by atoms with E-state index >= 15 is 0 Å². The average Bonchev–Trinajstić information content (AvgIpc) is 2.47. The van der Waals surface area contributed by atoms with Crippen molar-refractivity contribution in [2.45, 2.75) is 12.0 Å². The number of aliphatic hydroxyl groups excluding tert-OH is 1. The molecule has 0 heterocycles. The lowest BCUT2D eigenvalue weighted by Crippen LogP contribution is -2.34. The molecule has 19 heavy (non-hydrogen) atoms. The van der Waals surface area contributed by atoms with E-state index in [1.165, 1.54) is 5.22 Å². The Hall–Kier alpha value is -2.06. The summed E-state index contributed by atoms with van der Waals surface area (Å²) in [5.41, 5.74) is 1.10. The van der Waals surface area contributed by atoms with E-state index in [0.29, 0.717) is 0 Å². The number of aliphatic hydroxyl groups is 1. The molecule has 96 valence electrons. The summed E-state index contributed by atoms with van der Waals surface area (Å²) in [6.45, 7) is 0. The normalized spacial score (nSPS) is 20.9. The maximum atomic E-state index is 10.3. The van der Waals surface area contributed by atoms with Crippen LogP contribution in [0.2, 0.25) is 0 Å². The Balaban J connectivity index is 2.04. The number of fused-ring (bicyclic) bond motifs is 1. The van der Waals surface area contributed by atoms with Gasteiger partial charge < -0.3 is 9.84 Å². The molecule has 2 atom stereocenters. The van der Waals surface area contributed by atoms with Crippen molar-refractivity contribution in [1.29, 1.82) is 0 Å². The molecule has 0 aliphatic heterocycles. The van der Waals surface area contributed by atoms with Crippen LogP contribution >= 0.6 is 0 Å². The highest BCUT2D eigenvalue weighted by molar-refractivity contribution is 5.52. The molecule has 2 nitrogen and oxygen atoms in total. The van der Waals surface area contributed by atoms with Crippen LogP contribution in [0.4, 0.5) is 0 Å². The van der Waals surface area contributed by atoms with Crippen molar-refractivity contribution in [3.05, 3.63) is 64.5 Å². The minimum atomic E-state index is -0.483. The van der Waals surface area contributed by atoms with Gasteiger partial charge in [-0.1, -0.05) is 42.5 Å². The van der Waals surface area contributed by atoms with Crippen molar-refractivity contribution in [3.63, 3.8) is 0 Å². The largest absolute Gasteiger partial charge is 0.497 e. The molecule has 2 aromatic rings. The average molecular weight is 252 g/mol. The molecule has 0 radical (unpaired) electrons. The predicted molar refractivity (Wildman–Crippen MR) is 76.4 cm³/mol. The monoisotopic (exact) mass is 252 g/mol. The van der Waals surface area contributed by atoms with Gasteiger partial charge in [-0.2, -0.15) is 0 Å².